The Kier molecular flexibility index (Phi) is 7.16. The molecule has 0 aliphatic carbocycles. The van der Waals surface area contributed by atoms with Crippen molar-refractivity contribution >= 4 is 28.8 Å². The zero-order valence-corrected chi connectivity index (χ0v) is 22.7. The molecule has 0 saturated heterocycles. The highest BCUT2D eigenvalue weighted by Crippen LogP contribution is 2.38. The van der Waals surface area contributed by atoms with Crippen molar-refractivity contribution in [1.82, 2.24) is 9.88 Å². The number of hydrogen-bond acceptors (Lipinski definition) is 6. The van der Waals surface area contributed by atoms with Gasteiger partial charge in [-0.25, -0.2) is 4.98 Å². The SMILES string of the molecule is Cc1cccc(NC(=O)c2csc(COc3ccc4c(c3)C(c3ccccc3)N(C(=O)c3ccco3)CC4)n2)c1. The number of aryl methyl sites for hydroxylation is 1. The molecule has 2 amide bonds. The van der Waals surface area contributed by atoms with Crippen molar-refractivity contribution < 1.29 is 18.7 Å². The fraction of sp³-hybridized carbons (Fsp3) is 0.156. The molecule has 1 aliphatic rings. The largest absolute Gasteiger partial charge is 0.486 e. The molecular formula is C32H27N3O4S. The average Bonchev–Trinajstić information content (AvgIpc) is 3.69. The van der Waals surface area contributed by atoms with Crippen LogP contribution in [0.15, 0.2) is 101 Å². The summed E-state index contributed by atoms with van der Waals surface area (Å²) in [6, 6.07) is 26.8. The van der Waals surface area contributed by atoms with E-state index in [1.165, 1.54) is 23.2 Å². The summed E-state index contributed by atoms with van der Waals surface area (Å²) in [5.74, 6) is 0.597. The summed E-state index contributed by atoms with van der Waals surface area (Å²) in [5, 5.41) is 5.32. The first kappa shape index (κ1) is 25.6. The molecule has 8 heteroatoms. The predicted octanol–water partition coefficient (Wildman–Crippen LogP) is 6.66. The molecule has 1 atom stereocenters. The number of furan rings is 1. The number of anilines is 1. The number of benzene rings is 3. The second-order valence-electron chi connectivity index (χ2n) is 9.64. The van der Waals surface area contributed by atoms with E-state index in [-0.39, 0.29) is 24.5 Å². The monoisotopic (exact) mass is 549 g/mol. The van der Waals surface area contributed by atoms with Crippen LogP contribution in [0.1, 0.15) is 54.3 Å². The normalized spacial score (nSPS) is 14.4. The molecule has 5 aromatic rings. The smallest absolute Gasteiger partial charge is 0.290 e. The van der Waals surface area contributed by atoms with Crippen LogP contribution in [0.2, 0.25) is 0 Å². The Hall–Kier alpha value is -4.69. The van der Waals surface area contributed by atoms with E-state index in [1.807, 2.05) is 78.6 Å². The van der Waals surface area contributed by atoms with Gasteiger partial charge in [0, 0.05) is 17.6 Å². The van der Waals surface area contributed by atoms with Crippen LogP contribution >= 0.6 is 11.3 Å². The Balaban J connectivity index is 1.20. The van der Waals surface area contributed by atoms with Crippen LogP contribution in [0.3, 0.4) is 0 Å². The standard InChI is InChI=1S/C32H27N3O4S/c1-21-7-5-10-24(17-21)33-31(36)27-20-40-29(34-27)19-39-25-13-12-22-14-15-35(32(37)28-11-6-16-38-28)30(26(22)18-25)23-8-3-2-4-9-23/h2-13,16-18,20,30H,14-15,19H2,1H3,(H,33,36). The number of nitrogens with zero attached hydrogens (tertiary/aromatic N) is 2. The molecule has 1 N–H and O–H groups in total. The summed E-state index contributed by atoms with van der Waals surface area (Å²) in [5.41, 5.74) is 5.37. The van der Waals surface area contributed by atoms with E-state index in [4.69, 9.17) is 9.15 Å². The van der Waals surface area contributed by atoms with Crippen molar-refractivity contribution in [3.63, 3.8) is 0 Å². The van der Waals surface area contributed by atoms with E-state index >= 15 is 0 Å². The highest BCUT2D eigenvalue weighted by Gasteiger charge is 2.34. The Bertz CT molecular complexity index is 1650. The Morgan fingerprint density at radius 2 is 1.93 bits per heavy atom. The van der Waals surface area contributed by atoms with E-state index in [1.54, 1.807) is 17.5 Å². The van der Waals surface area contributed by atoms with Crippen molar-refractivity contribution in [3.05, 3.63) is 135 Å². The van der Waals surface area contributed by atoms with Gasteiger partial charge in [0.2, 0.25) is 0 Å². The van der Waals surface area contributed by atoms with Crippen LogP contribution in [0.5, 0.6) is 5.75 Å². The molecule has 0 radical (unpaired) electrons. The van der Waals surface area contributed by atoms with Crippen LogP contribution in [-0.2, 0) is 13.0 Å². The van der Waals surface area contributed by atoms with Gasteiger partial charge in [0.05, 0.1) is 12.3 Å². The molecule has 7 nitrogen and oxygen atoms in total. The number of carbonyl (C=O) groups excluding carboxylic acids is 2. The van der Waals surface area contributed by atoms with Crippen molar-refractivity contribution in [2.24, 2.45) is 0 Å². The van der Waals surface area contributed by atoms with E-state index in [9.17, 15) is 9.59 Å². The number of thiazole rings is 1. The van der Waals surface area contributed by atoms with Crippen LogP contribution in [0.25, 0.3) is 0 Å². The lowest BCUT2D eigenvalue weighted by atomic mass is 9.87. The molecule has 1 unspecified atom stereocenters. The number of amides is 2. The Morgan fingerprint density at radius 1 is 1.05 bits per heavy atom. The average molecular weight is 550 g/mol. The Morgan fingerprint density at radius 3 is 2.73 bits per heavy atom. The number of aromatic nitrogens is 1. The number of ether oxygens (including phenoxy) is 1. The number of nitrogens with one attached hydrogen (secondary N) is 1. The molecule has 0 saturated carbocycles. The lowest BCUT2D eigenvalue weighted by Crippen LogP contribution is -2.40. The second kappa shape index (κ2) is 11.2. The lowest BCUT2D eigenvalue weighted by molar-refractivity contribution is 0.0661. The quantitative estimate of drug-likeness (QED) is 0.245. The molecule has 200 valence electrons. The van der Waals surface area contributed by atoms with E-state index in [0.29, 0.717) is 28.8 Å². The van der Waals surface area contributed by atoms with Gasteiger partial charge in [-0.15, -0.1) is 11.3 Å². The van der Waals surface area contributed by atoms with Gasteiger partial charge in [0.25, 0.3) is 11.8 Å². The number of carbonyl (C=O) groups is 2. The molecule has 0 bridgehead atoms. The minimum absolute atomic E-state index is 0.143. The van der Waals surface area contributed by atoms with Crippen molar-refractivity contribution in [2.45, 2.75) is 26.0 Å². The molecule has 3 heterocycles. The summed E-state index contributed by atoms with van der Waals surface area (Å²) in [4.78, 5) is 32.4. The summed E-state index contributed by atoms with van der Waals surface area (Å²) >= 11 is 1.38. The third-order valence-electron chi connectivity index (χ3n) is 6.88. The highest BCUT2D eigenvalue weighted by molar-refractivity contribution is 7.09. The minimum Gasteiger partial charge on any atom is -0.486 e. The first-order chi connectivity index (χ1) is 19.5. The van der Waals surface area contributed by atoms with Gasteiger partial charge >= 0.3 is 0 Å². The van der Waals surface area contributed by atoms with Gasteiger partial charge in [-0.2, -0.15) is 0 Å². The molecule has 2 aromatic heterocycles. The molecule has 0 fully saturated rings. The zero-order chi connectivity index (χ0) is 27.5. The van der Waals surface area contributed by atoms with Crippen LogP contribution < -0.4 is 10.1 Å². The highest BCUT2D eigenvalue weighted by atomic mass is 32.1. The fourth-order valence-electron chi connectivity index (χ4n) is 4.98. The second-order valence-corrected chi connectivity index (χ2v) is 10.6. The fourth-order valence-corrected chi connectivity index (χ4v) is 5.67. The third-order valence-corrected chi connectivity index (χ3v) is 7.70. The van der Waals surface area contributed by atoms with Crippen LogP contribution in [-0.4, -0.2) is 28.2 Å². The van der Waals surface area contributed by atoms with Crippen molar-refractivity contribution in [2.75, 3.05) is 11.9 Å². The Labute approximate surface area is 236 Å². The summed E-state index contributed by atoms with van der Waals surface area (Å²) in [6.45, 7) is 2.79. The summed E-state index contributed by atoms with van der Waals surface area (Å²) < 4.78 is 11.6. The molecule has 3 aromatic carbocycles. The van der Waals surface area contributed by atoms with Crippen LogP contribution in [0.4, 0.5) is 5.69 Å². The molecular weight excluding hydrogens is 522 g/mol. The van der Waals surface area contributed by atoms with E-state index < -0.39 is 0 Å². The molecule has 6 rings (SSSR count). The lowest BCUT2D eigenvalue weighted by Gasteiger charge is -2.37. The van der Waals surface area contributed by atoms with Gasteiger partial charge in [0.1, 0.15) is 23.1 Å². The van der Waals surface area contributed by atoms with Crippen molar-refractivity contribution in [3.8, 4) is 5.75 Å². The first-order valence-corrected chi connectivity index (χ1v) is 13.9. The number of fused-ring (bicyclic) bond motifs is 1. The maximum atomic E-state index is 13.4. The van der Waals surface area contributed by atoms with Gasteiger partial charge < -0.3 is 19.4 Å². The van der Waals surface area contributed by atoms with E-state index in [0.717, 1.165) is 28.8 Å². The van der Waals surface area contributed by atoms with Gasteiger partial charge in [-0.1, -0.05) is 48.5 Å². The van der Waals surface area contributed by atoms with Gasteiger partial charge in [-0.05, 0) is 72.0 Å². The maximum absolute atomic E-state index is 13.4. The minimum atomic E-state index is -0.275. The third kappa shape index (κ3) is 5.39. The molecule has 0 spiro atoms. The predicted molar refractivity (Wildman–Crippen MR) is 154 cm³/mol. The van der Waals surface area contributed by atoms with Gasteiger partial charge in [-0.3, -0.25) is 9.59 Å². The van der Waals surface area contributed by atoms with Crippen molar-refractivity contribution in [1.29, 1.82) is 0 Å². The summed E-state index contributed by atoms with van der Waals surface area (Å²) in [6.07, 6.45) is 2.25. The number of hydrogen-bond donors (Lipinski definition) is 1. The van der Waals surface area contributed by atoms with Gasteiger partial charge in [0.15, 0.2) is 5.76 Å². The van der Waals surface area contributed by atoms with Crippen LogP contribution in [0, 0.1) is 6.92 Å². The van der Waals surface area contributed by atoms with E-state index in [2.05, 4.69) is 16.4 Å². The molecule has 1 aliphatic heterocycles. The number of rotatable bonds is 7. The topological polar surface area (TPSA) is 84.7 Å². The maximum Gasteiger partial charge on any atom is 0.290 e. The summed E-state index contributed by atoms with van der Waals surface area (Å²) in [7, 11) is 0. The first-order valence-electron chi connectivity index (χ1n) is 13.0. The zero-order valence-electron chi connectivity index (χ0n) is 21.9. The molecule has 40 heavy (non-hydrogen) atoms.